The van der Waals surface area contributed by atoms with Crippen LogP contribution >= 0.6 is 11.6 Å². The number of nitrogens with one attached hydrogen (secondary N) is 1. The standard InChI is InChI=1S/C14H19ClN2O3/c1-14(2)9-17(7-12(8-18)20-14)13(19)16-11-5-3-4-10(15)6-11/h3-6,12,18H,7-9H2,1-2H3,(H,16,19). The van der Waals surface area contributed by atoms with Gasteiger partial charge in [0.05, 0.1) is 31.4 Å². The minimum absolute atomic E-state index is 0.107. The van der Waals surface area contributed by atoms with Crippen molar-refractivity contribution in [3.8, 4) is 0 Å². The van der Waals surface area contributed by atoms with Crippen molar-refractivity contribution in [2.75, 3.05) is 25.0 Å². The van der Waals surface area contributed by atoms with E-state index < -0.39 is 5.60 Å². The fourth-order valence-corrected chi connectivity index (χ4v) is 2.50. The fourth-order valence-electron chi connectivity index (χ4n) is 2.31. The third-order valence-electron chi connectivity index (χ3n) is 3.05. The maximum absolute atomic E-state index is 12.3. The van der Waals surface area contributed by atoms with Gasteiger partial charge in [-0.3, -0.25) is 0 Å². The Morgan fingerprint density at radius 3 is 3.00 bits per heavy atom. The molecule has 1 aliphatic rings. The number of ether oxygens (including phenoxy) is 1. The maximum atomic E-state index is 12.3. The second-order valence-electron chi connectivity index (χ2n) is 5.50. The molecule has 1 atom stereocenters. The number of hydrogen-bond acceptors (Lipinski definition) is 3. The zero-order valence-corrected chi connectivity index (χ0v) is 12.4. The van der Waals surface area contributed by atoms with Crippen molar-refractivity contribution < 1.29 is 14.6 Å². The predicted octanol–water partition coefficient (Wildman–Crippen LogP) is 2.34. The highest BCUT2D eigenvalue weighted by Crippen LogP contribution is 2.22. The van der Waals surface area contributed by atoms with E-state index in [1.54, 1.807) is 29.2 Å². The number of morpholine rings is 1. The number of hydrogen-bond donors (Lipinski definition) is 2. The second-order valence-corrected chi connectivity index (χ2v) is 5.94. The van der Waals surface area contributed by atoms with Crippen LogP contribution < -0.4 is 5.32 Å². The number of anilines is 1. The normalized spacial score (nSPS) is 21.6. The Labute approximate surface area is 123 Å². The van der Waals surface area contributed by atoms with E-state index in [1.807, 2.05) is 13.8 Å². The molecule has 1 aliphatic heterocycles. The molecule has 2 N–H and O–H groups in total. The van der Waals surface area contributed by atoms with Gasteiger partial charge in [0, 0.05) is 10.7 Å². The van der Waals surface area contributed by atoms with Crippen molar-refractivity contribution in [3.05, 3.63) is 29.3 Å². The molecule has 6 heteroatoms. The first-order valence-corrected chi connectivity index (χ1v) is 6.87. The quantitative estimate of drug-likeness (QED) is 0.881. The molecule has 110 valence electrons. The van der Waals surface area contributed by atoms with Crippen LogP contribution in [0.25, 0.3) is 0 Å². The molecule has 0 bridgehead atoms. The van der Waals surface area contributed by atoms with E-state index in [9.17, 15) is 9.90 Å². The summed E-state index contributed by atoms with van der Waals surface area (Å²) in [7, 11) is 0. The van der Waals surface area contributed by atoms with Gasteiger partial charge in [-0.1, -0.05) is 17.7 Å². The summed E-state index contributed by atoms with van der Waals surface area (Å²) < 4.78 is 5.68. The molecule has 20 heavy (non-hydrogen) atoms. The molecule has 2 amide bonds. The number of rotatable bonds is 2. The summed E-state index contributed by atoms with van der Waals surface area (Å²) in [5, 5.41) is 12.6. The van der Waals surface area contributed by atoms with Crippen LogP contribution in [0.15, 0.2) is 24.3 Å². The smallest absolute Gasteiger partial charge is 0.322 e. The van der Waals surface area contributed by atoms with E-state index in [1.165, 1.54) is 0 Å². The molecule has 1 fully saturated rings. The third-order valence-corrected chi connectivity index (χ3v) is 3.28. The summed E-state index contributed by atoms with van der Waals surface area (Å²) in [6.45, 7) is 4.52. The molecular formula is C14H19ClN2O3. The molecular weight excluding hydrogens is 280 g/mol. The topological polar surface area (TPSA) is 61.8 Å². The van der Waals surface area contributed by atoms with Crippen molar-refractivity contribution in [3.63, 3.8) is 0 Å². The predicted molar refractivity (Wildman–Crippen MR) is 78.1 cm³/mol. The summed E-state index contributed by atoms with van der Waals surface area (Å²) in [4.78, 5) is 13.9. The Kier molecular flexibility index (Phi) is 4.52. The summed E-state index contributed by atoms with van der Waals surface area (Å²) in [6, 6.07) is 6.77. The molecule has 2 rings (SSSR count). The summed E-state index contributed by atoms with van der Waals surface area (Å²) in [5.74, 6) is 0. The van der Waals surface area contributed by atoms with E-state index in [0.29, 0.717) is 23.8 Å². The minimum atomic E-state index is -0.475. The van der Waals surface area contributed by atoms with E-state index >= 15 is 0 Å². The van der Waals surface area contributed by atoms with Crippen LogP contribution in [0, 0.1) is 0 Å². The number of aliphatic hydroxyl groups excluding tert-OH is 1. The van der Waals surface area contributed by atoms with Crippen LogP contribution in [0.2, 0.25) is 5.02 Å². The molecule has 0 aromatic heterocycles. The number of benzene rings is 1. The zero-order chi connectivity index (χ0) is 14.8. The molecule has 0 radical (unpaired) electrons. The summed E-state index contributed by atoms with van der Waals surface area (Å²) in [6.07, 6.45) is -0.358. The highest BCUT2D eigenvalue weighted by Gasteiger charge is 2.35. The van der Waals surface area contributed by atoms with Gasteiger partial charge in [0.2, 0.25) is 0 Å². The molecule has 1 aromatic carbocycles. The lowest BCUT2D eigenvalue weighted by Crippen LogP contribution is -2.56. The van der Waals surface area contributed by atoms with Gasteiger partial charge in [0.15, 0.2) is 0 Å². The van der Waals surface area contributed by atoms with Crippen molar-refractivity contribution in [1.29, 1.82) is 0 Å². The van der Waals surface area contributed by atoms with Gasteiger partial charge >= 0.3 is 6.03 Å². The molecule has 1 aromatic rings. The summed E-state index contributed by atoms with van der Waals surface area (Å²) in [5.41, 5.74) is 0.171. The van der Waals surface area contributed by atoms with Gasteiger partial charge in [-0.25, -0.2) is 4.79 Å². The molecule has 1 unspecified atom stereocenters. The number of amides is 2. The van der Waals surface area contributed by atoms with E-state index in [2.05, 4.69) is 5.32 Å². The zero-order valence-electron chi connectivity index (χ0n) is 11.6. The Morgan fingerprint density at radius 1 is 1.60 bits per heavy atom. The lowest BCUT2D eigenvalue weighted by Gasteiger charge is -2.42. The first kappa shape index (κ1) is 15.1. The largest absolute Gasteiger partial charge is 0.394 e. The van der Waals surface area contributed by atoms with Crippen molar-refractivity contribution in [2.24, 2.45) is 0 Å². The average molecular weight is 299 g/mol. The Morgan fingerprint density at radius 2 is 2.35 bits per heavy atom. The van der Waals surface area contributed by atoms with E-state index in [0.717, 1.165) is 0 Å². The highest BCUT2D eigenvalue weighted by molar-refractivity contribution is 6.30. The SMILES string of the molecule is CC1(C)CN(C(=O)Nc2cccc(Cl)c2)CC(CO)O1. The van der Waals surface area contributed by atoms with Crippen LogP contribution in [-0.2, 0) is 4.74 Å². The van der Waals surface area contributed by atoms with Gasteiger partial charge in [0.25, 0.3) is 0 Å². The van der Waals surface area contributed by atoms with Gasteiger partial charge < -0.3 is 20.1 Å². The molecule has 0 aliphatic carbocycles. The Bertz CT molecular complexity index is 493. The maximum Gasteiger partial charge on any atom is 0.322 e. The minimum Gasteiger partial charge on any atom is -0.394 e. The number of halogens is 1. The van der Waals surface area contributed by atoms with Crippen LogP contribution in [0.4, 0.5) is 10.5 Å². The third kappa shape index (κ3) is 3.85. The van der Waals surface area contributed by atoms with Gasteiger partial charge in [0.1, 0.15) is 0 Å². The second kappa shape index (κ2) is 5.99. The lowest BCUT2D eigenvalue weighted by atomic mass is 10.1. The first-order chi connectivity index (χ1) is 9.39. The van der Waals surface area contributed by atoms with E-state index in [-0.39, 0.29) is 18.7 Å². The number of carbonyl (C=O) groups is 1. The number of carbonyl (C=O) groups excluding carboxylic acids is 1. The van der Waals surface area contributed by atoms with Crippen LogP contribution in [0.1, 0.15) is 13.8 Å². The monoisotopic (exact) mass is 298 g/mol. The molecule has 1 heterocycles. The molecule has 0 saturated carbocycles. The summed E-state index contributed by atoms with van der Waals surface area (Å²) >= 11 is 5.89. The van der Waals surface area contributed by atoms with Crippen molar-refractivity contribution >= 4 is 23.3 Å². The van der Waals surface area contributed by atoms with Gasteiger partial charge in [-0.15, -0.1) is 0 Å². The number of nitrogens with zero attached hydrogens (tertiary/aromatic N) is 1. The fraction of sp³-hybridized carbons (Fsp3) is 0.500. The molecule has 1 saturated heterocycles. The Hall–Kier alpha value is -1.30. The molecule has 5 nitrogen and oxygen atoms in total. The number of urea groups is 1. The van der Waals surface area contributed by atoms with E-state index in [4.69, 9.17) is 16.3 Å². The highest BCUT2D eigenvalue weighted by atomic mass is 35.5. The van der Waals surface area contributed by atoms with Gasteiger partial charge in [-0.05, 0) is 32.0 Å². The van der Waals surface area contributed by atoms with Crippen LogP contribution in [0.5, 0.6) is 0 Å². The van der Waals surface area contributed by atoms with Crippen LogP contribution in [0.3, 0.4) is 0 Å². The number of aliphatic hydroxyl groups is 1. The van der Waals surface area contributed by atoms with Crippen molar-refractivity contribution in [2.45, 2.75) is 25.6 Å². The first-order valence-electron chi connectivity index (χ1n) is 6.50. The lowest BCUT2D eigenvalue weighted by molar-refractivity contribution is -0.137. The van der Waals surface area contributed by atoms with Gasteiger partial charge in [-0.2, -0.15) is 0 Å². The average Bonchev–Trinajstić information content (AvgIpc) is 2.36. The van der Waals surface area contributed by atoms with Crippen molar-refractivity contribution in [1.82, 2.24) is 4.90 Å². The van der Waals surface area contributed by atoms with Crippen LogP contribution in [-0.4, -0.2) is 47.4 Å². The Balaban J connectivity index is 2.04. The molecule has 0 spiro atoms.